The van der Waals surface area contributed by atoms with E-state index < -0.39 is 6.10 Å². The van der Waals surface area contributed by atoms with Gasteiger partial charge in [0, 0.05) is 39.7 Å². The molecule has 5 rings (SSSR count). The Hall–Kier alpha value is -4.41. The lowest BCUT2D eigenvalue weighted by Crippen LogP contribution is -2.19. The van der Waals surface area contributed by atoms with Gasteiger partial charge < -0.3 is 28.9 Å². The molecular weight excluding hydrogens is 478 g/mol. The molecule has 1 aliphatic carbocycles. The summed E-state index contributed by atoms with van der Waals surface area (Å²) >= 11 is 0. The molecule has 0 spiro atoms. The second kappa shape index (κ2) is 10.5. The van der Waals surface area contributed by atoms with Crippen LogP contribution in [0.4, 0.5) is 0 Å². The maximum atomic E-state index is 6.03. The fraction of sp³-hybridized carbons (Fsp3) is 0.258. The largest absolute Gasteiger partial charge is 0.493 e. The van der Waals surface area contributed by atoms with Gasteiger partial charge in [-0.15, -0.1) is 6.42 Å². The molecule has 1 unspecified atom stereocenters. The number of aromatic nitrogens is 1. The van der Waals surface area contributed by atoms with Crippen molar-refractivity contribution in [2.24, 2.45) is 5.16 Å². The minimum Gasteiger partial charge on any atom is -0.493 e. The first-order valence-electron chi connectivity index (χ1n) is 12.4. The van der Waals surface area contributed by atoms with Gasteiger partial charge in [0.1, 0.15) is 18.1 Å². The Kier molecular flexibility index (Phi) is 6.99. The molecule has 1 heterocycles. The van der Waals surface area contributed by atoms with Crippen molar-refractivity contribution in [3.05, 3.63) is 76.9 Å². The number of aryl methyl sites for hydroxylation is 1. The SMILES string of the molecule is C#CC(O/N=C1/c2cc(OC)c(OC)cc2-c2[nH]c3ccc(OCCN(C)C)cc3c21)c1ccc(C)cc1. The maximum absolute atomic E-state index is 6.03. The zero-order chi connectivity index (χ0) is 26.8. The van der Waals surface area contributed by atoms with Crippen LogP contribution in [0.1, 0.15) is 28.4 Å². The summed E-state index contributed by atoms with van der Waals surface area (Å²) in [6.45, 7) is 3.44. The van der Waals surface area contributed by atoms with Crippen molar-refractivity contribution < 1.29 is 19.0 Å². The van der Waals surface area contributed by atoms with Gasteiger partial charge in [-0.2, -0.15) is 0 Å². The number of ether oxygens (including phenoxy) is 3. The zero-order valence-corrected chi connectivity index (χ0v) is 22.3. The summed E-state index contributed by atoms with van der Waals surface area (Å²) in [5.74, 6) is 4.74. The third-order valence-electron chi connectivity index (χ3n) is 6.64. The number of hydrogen-bond acceptors (Lipinski definition) is 6. The number of nitrogens with zero attached hydrogens (tertiary/aromatic N) is 2. The smallest absolute Gasteiger partial charge is 0.212 e. The van der Waals surface area contributed by atoms with E-state index in [0.717, 1.165) is 56.7 Å². The molecule has 0 bridgehead atoms. The first kappa shape index (κ1) is 25.2. The van der Waals surface area contributed by atoms with Crippen LogP contribution in [0.25, 0.3) is 22.2 Å². The Morgan fingerprint density at radius 3 is 2.34 bits per heavy atom. The summed E-state index contributed by atoms with van der Waals surface area (Å²) in [7, 11) is 7.28. The van der Waals surface area contributed by atoms with Gasteiger partial charge in [-0.05, 0) is 51.4 Å². The van der Waals surface area contributed by atoms with Crippen molar-refractivity contribution in [3.63, 3.8) is 0 Å². The topological polar surface area (TPSA) is 68.3 Å². The lowest BCUT2D eigenvalue weighted by molar-refractivity contribution is 0.100. The number of nitrogens with one attached hydrogen (secondary N) is 1. The number of methoxy groups -OCH3 is 2. The van der Waals surface area contributed by atoms with Crippen molar-refractivity contribution in [2.75, 3.05) is 41.5 Å². The molecule has 38 heavy (non-hydrogen) atoms. The average molecular weight is 510 g/mol. The van der Waals surface area contributed by atoms with E-state index in [2.05, 4.69) is 21.0 Å². The van der Waals surface area contributed by atoms with Crippen LogP contribution in [0, 0.1) is 19.3 Å². The van der Waals surface area contributed by atoms with Gasteiger partial charge >= 0.3 is 0 Å². The summed E-state index contributed by atoms with van der Waals surface area (Å²) in [6, 6.07) is 17.8. The molecule has 0 radical (unpaired) electrons. The Morgan fingerprint density at radius 1 is 0.974 bits per heavy atom. The van der Waals surface area contributed by atoms with Gasteiger partial charge in [-0.3, -0.25) is 0 Å². The van der Waals surface area contributed by atoms with Gasteiger partial charge in [-0.25, -0.2) is 0 Å². The zero-order valence-electron chi connectivity index (χ0n) is 22.3. The summed E-state index contributed by atoms with van der Waals surface area (Å²) in [5.41, 5.74) is 7.30. The van der Waals surface area contributed by atoms with Crippen LogP contribution >= 0.6 is 0 Å². The van der Waals surface area contributed by atoms with Crippen LogP contribution in [0.3, 0.4) is 0 Å². The standard InChI is InChI=1S/C31H31N3O4/c1-7-26(20-10-8-19(2)9-11-20)38-33-31-23-18-28(36-6)27(35-5)17-22(23)30-29(31)24-16-21(12-13-25(24)32-30)37-15-14-34(3)4/h1,8-13,16-18,26,32H,14-15H2,2-6H3/b33-31-. The monoisotopic (exact) mass is 509 g/mol. The van der Waals surface area contributed by atoms with Crippen LogP contribution in [0.5, 0.6) is 17.2 Å². The van der Waals surface area contributed by atoms with E-state index >= 15 is 0 Å². The van der Waals surface area contributed by atoms with Crippen molar-refractivity contribution in [1.29, 1.82) is 0 Å². The molecule has 7 nitrogen and oxygen atoms in total. The second-order valence-electron chi connectivity index (χ2n) is 9.49. The number of terminal acetylenes is 1. The van der Waals surface area contributed by atoms with Crippen LogP contribution in [0.2, 0.25) is 0 Å². The highest BCUT2D eigenvalue weighted by Gasteiger charge is 2.32. The van der Waals surface area contributed by atoms with Gasteiger partial charge in [0.25, 0.3) is 0 Å². The van der Waals surface area contributed by atoms with Crippen molar-refractivity contribution >= 4 is 16.6 Å². The molecule has 7 heteroatoms. The highest BCUT2D eigenvalue weighted by atomic mass is 16.6. The van der Waals surface area contributed by atoms with Crippen molar-refractivity contribution in [3.8, 4) is 40.8 Å². The molecule has 0 saturated carbocycles. The molecule has 0 saturated heterocycles. The Morgan fingerprint density at radius 2 is 1.68 bits per heavy atom. The van der Waals surface area contributed by atoms with E-state index in [9.17, 15) is 0 Å². The van der Waals surface area contributed by atoms with Gasteiger partial charge in [0.15, 0.2) is 11.5 Å². The number of H-pyrrole nitrogens is 1. The number of benzene rings is 3. The Balaban J connectivity index is 1.61. The van der Waals surface area contributed by atoms with Crippen LogP contribution in [-0.4, -0.2) is 57.1 Å². The molecule has 1 atom stereocenters. The van der Waals surface area contributed by atoms with Crippen molar-refractivity contribution in [2.45, 2.75) is 13.0 Å². The normalized spacial score (nSPS) is 13.8. The first-order chi connectivity index (χ1) is 18.4. The molecule has 4 aromatic rings. The van der Waals surface area contributed by atoms with E-state index in [1.807, 2.05) is 75.6 Å². The Bertz CT molecular complexity index is 1540. The summed E-state index contributed by atoms with van der Waals surface area (Å²) in [5, 5.41) is 5.63. The molecule has 3 aromatic carbocycles. The predicted octanol–water partition coefficient (Wildman–Crippen LogP) is 5.56. The molecule has 0 amide bonds. The number of oxime groups is 1. The average Bonchev–Trinajstić information content (AvgIpc) is 3.43. The quantitative estimate of drug-likeness (QED) is 0.208. The molecule has 0 fully saturated rings. The fourth-order valence-corrected chi connectivity index (χ4v) is 4.60. The number of aromatic amines is 1. The van der Waals surface area contributed by atoms with E-state index in [1.54, 1.807) is 14.2 Å². The van der Waals surface area contributed by atoms with Gasteiger partial charge in [-0.1, -0.05) is 40.9 Å². The molecular formula is C31H31N3O4. The summed E-state index contributed by atoms with van der Waals surface area (Å²) in [4.78, 5) is 11.7. The molecule has 194 valence electrons. The van der Waals surface area contributed by atoms with Crippen molar-refractivity contribution in [1.82, 2.24) is 9.88 Å². The first-order valence-corrected chi connectivity index (χ1v) is 12.4. The third kappa shape index (κ3) is 4.67. The van der Waals surface area contributed by atoms with E-state index in [1.165, 1.54) is 0 Å². The minimum absolute atomic E-state index is 0.588. The molecule has 1 aliphatic rings. The van der Waals surface area contributed by atoms with E-state index in [0.29, 0.717) is 23.8 Å². The third-order valence-corrected chi connectivity index (χ3v) is 6.64. The molecule has 0 aliphatic heterocycles. The van der Waals surface area contributed by atoms with Crippen LogP contribution < -0.4 is 14.2 Å². The van der Waals surface area contributed by atoms with Gasteiger partial charge in [0.05, 0.1) is 19.9 Å². The summed E-state index contributed by atoms with van der Waals surface area (Å²) < 4.78 is 17.2. The highest BCUT2D eigenvalue weighted by molar-refractivity contribution is 6.30. The minimum atomic E-state index is -0.633. The van der Waals surface area contributed by atoms with Gasteiger partial charge in [0.2, 0.25) is 6.10 Å². The number of fused-ring (bicyclic) bond motifs is 5. The van der Waals surface area contributed by atoms with Crippen LogP contribution in [-0.2, 0) is 4.84 Å². The predicted molar refractivity (Wildman–Crippen MR) is 150 cm³/mol. The number of hydrogen-bond donors (Lipinski definition) is 1. The Labute approximate surface area is 223 Å². The number of rotatable bonds is 9. The van der Waals surface area contributed by atoms with E-state index in [-0.39, 0.29) is 0 Å². The lowest BCUT2D eigenvalue weighted by atomic mass is 10.1. The highest BCUT2D eigenvalue weighted by Crippen LogP contribution is 2.46. The lowest BCUT2D eigenvalue weighted by Gasteiger charge is -2.13. The maximum Gasteiger partial charge on any atom is 0.212 e. The fourth-order valence-electron chi connectivity index (χ4n) is 4.60. The van der Waals surface area contributed by atoms with E-state index in [4.69, 9.17) is 25.5 Å². The summed E-state index contributed by atoms with van der Waals surface area (Å²) in [6.07, 6.45) is 5.22. The number of likely N-dealkylation sites (N-methyl/N-ethyl adjacent to an activating group) is 1. The second-order valence-corrected chi connectivity index (χ2v) is 9.49. The van der Waals surface area contributed by atoms with Crippen LogP contribution in [0.15, 0.2) is 59.8 Å². The molecule has 1 aromatic heterocycles. The molecule has 1 N–H and O–H groups in total.